The van der Waals surface area contributed by atoms with Crippen molar-refractivity contribution in [2.24, 2.45) is 0 Å². The molecule has 1 aromatic heterocycles. The molecule has 0 atom stereocenters. The Morgan fingerprint density at radius 3 is 2.62 bits per heavy atom. The lowest BCUT2D eigenvalue weighted by Gasteiger charge is -2.09. The maximum Gasteiger partial charge on any atom is 0.132 e. The molecule has 4 heteroatoms. The minimum absolute atomic E-state index is 0.700. The van der Waals surface area contributed by atoms with E-state index in [0.717, 1.165) is 22.6 Å². The van der Waals surface area contributed by atoms with Gasteiger partial charge in [0.15, 0.2) is 0 Å². The van der Waals surface area contributed by atoms with Crippen molar-refractivity contribution in [2.75, 3.05) is 12.4 Å². The monoisotopic (exact) mass is 233 g/mol. The van der Waals surface area contributed by atoms with E-state index in [4.69, 9.17) is 11.6 Å². The Morgan fingerprint density at radius 1 is 1.19 bits per heavy atom. The largest absolute Gasteiger partial charge is 0.373 e. The van der Waals surface area contributed by atoms with Crippen molar-refractivity contribution in [3.8, 4) is 11.3 Å². The van der Waals surface area contributed by atoms with Gasteiger partial charge in [-0.15, -0.1) is 0 Å². The third-order valence-electron chi connectivity index (χ3n) is 2.45. The molecule has 1 heterocycles. The first kappa shape index (κ1) is 10.9. The summed E-state index contributed by atoms with van der Waals surface area (Å²) in [7, 11) is 1.84. The molecule has 0 saturated heterocycles. The highest BCUT2D eigenvalue weighted by Gasteiger charge is 2.10. The van der Waals surface area contributed by atoms with Crippen LogP contribution in [-0.2, 0) is 0 Å². The third kappa shape index (κ3) is 1.86. The Kier molecular flexibility index (Phi) is 3.06. The lowest BCUT2D eigenvalue weighted by atomic mass is 10.1. The molecule has 0 saturated carbocycles. The molecule has 2 rings (SSSR count). The summed E-state index contributed by atoms with van der Waals surface area (Å²) in [5.41, 5.74) is 2.80. The van der Waals surface area contributed by atoms with Gasteiger partial charge in [-0.1, -0.05) is 29.8 Å². The lowest BCUT2D eigenvalue weighted by molar-refractivity contribution is 1.13. The van der Waals surface area contributed by atoms with Crippen LogP contribution in [0.4, 0.5) is 5.82 Å². The van der Waals surface area contributed by atoms with E-state index in [1.165, 1.54) is 6.33 Å². The normalized spacial score (nSPS) is 10.2. The van der Waals surface area contributed by atoms with Crippen LogP contribution in [0.2, 0.25) is 5.02 Å². The average molecular weight is 234 g/mol. The van der Waals surface area contributed by atoms with Crippen LogP contribution in [0.25, 0.3) is 11.3 Å². The van der Waals surface area contributed by atoms with Gasteiger partial charge in [0.25, 0.3) is 0 Å². The van der Waals surface area contributed by atoms with E-state index in [-0.39, 0.29) is 0 Å². The standard InChI is InChI=1S/C12H12ClN3/c1-8-11(15-7-16-12(8)14-2)9-5-3-4-6-10(9)13/h3-7H,1-2H3,(H,14,15,16). The zero-order valence-electron chi connectivity index (χ0n) is 9.16. The number of hydrogen-bond donors (Lipinski definition) is 1. The molecule has 0 amide bonds. The van der Waals surface area contributed by atoms with Crippen LogP contribution in [0.5, 0.6) is 0 Å². The van der Waals surface area contributed by atoms with Gasteiger partial charge >= 0.3 is 0 Å². The molecule has 1 N–H and O–H groups in total. The number of benzene rings is 1. The molecule has 0 radical (unpaired) electrons. The molecule has 2 aromatic rings. The van der Waals surface area contributed by atoms with Gasteiger partial charge in [-0.2, -0.15) is 0 Å². The maximum absolute atomic E-state index is 6.15. The number of hydrogen-bond acceptors (Lipinski definition) is 3. The second-order valence-electron chi connectivity index (χ2n) is 3.43. The summed E-state index contributed by atoms with van der Waals surface area (Å²) >= 11 is 6.15. The molecule has 0 bridgehead atoms. The zero-order valence-corrected chi connectivity index (χ0v) is 9.92. The summed E-state index contributed by atoms with van der Waals surface area (Å²) in [6, 6.07) is 7.66. The fourth-order valence-corrected chi connectivity index (χ4v) is 1.85. The van der Waals surface area contributed by atoms with Gasteiger partial charge in [0.1, 0.15) is 12.1 Å². The summed E-state index contributed by atoms with van der Waals surface area (Å²) in [4.78, 5) is 8.43. The van der Waals surface area contributed by atoms with Crippen molar-refractivity contribution in [3.05, 3.63) is 41.2 Å². The molecule has 16 heavy (non-hydrogen) atoms. The molecule has 0 fully saturated rings. The Bertz CT molecular complexity index is 511. The molecule has 0 aliphatic carbocycles. The second-order valence-corrected chi connectivity index (χ2v) is 3.83. The first-order chi connectivity index (χ1) is 7.74. The average Bonchev–Trinajstić information content (AvgIpc) is 2.31. The zero-order chi connectivity index (χ0) is 11.5. The van der Waals surface area contributed by atoms with Crippen molar-refractivity contribution in [1.82, 2.24) is 9.97 Å². The SMILES string of the molecule is CNc1ncnc(-c2ccccc2Cl)c1C. The number of anilines is 1. The predicted octanol–water partition coefficient (Wildman–Crippen LogP) is 3.15. The van der Waals surface area contributed by atoms with Crippen molar-refractivity contribution in [1.29, 1.82) is 0 Å². The van der Waals surface area contributed by atoms with Crippen LogP contribution >= 0.6 is 11.6 Å². The van der Waals surface area contributed by atoms with Gasteiger partial charge in [0.05, 0.1) is 5.69 Å². The number of rotatable bonds is 2. The fourth-order valence-electron chi connectivity index (χ4n) is 1.63. The molecule has 0 unspecified atom stereocenters. The summed E-state index contributed by atoms with van der Waals surface area (Å²) in [6.07, 6.45) is 1.54. The van der Waals surface area contributed by atoms with Crippen LogP contribution in [0.1, 0.15) is 5.56 Å². The van der Waals surface area contributed by atoms with Gasteiger partial charge in [0.2, 0.25) is 0 Å². The van der Waals surface area contributed by atoms with Gasteiger partial charge in [-0.25, -0.2) is 9.97 Å². The molecule has 0 aliphatic rings. The fraction of sp³-hybridized carbons (Fsp3) is 0.167. The van der Waals surface area contributed by atoms with E-state index in [2.05, 4.69) is 15.3 Å². The van der Waals surface area contributed by atoms with Gasteiger partial charge in [-0.3, -0.25) is 0 Å². The van der Waals surface area contributed by atoms with E-state index >= 15 is 0 Å². The van der Waals surface area contributed by atoms with Crippen molar-refractivity contribution >= 4 is 17.4 Å². The first-order valence-electron chi connectivity index (χ1n) is 4.98. The van der Waals surface area contributed by atoms with Gasteiger partial charge in [-0.05, 0) is 13.0 Å². The molecule has 82 valence electrons. The molecular formula is C12H12ClN3. The highest BCUT2D eigenvalue weighted by atomic mass is 35.5. The molecule has 3 nitrogen and oxygen atoms in total. The molecule has 0 aliphatic heterocycles. The van der Waals surface area contributed by atoms with E-state index in [1.54, 1.807) is 0 Å². The number of aromatic nitrogens is 2. The first-order valence-corrected chi connectivity index (χ1v) is 5.36. The minimum atomic E-state index is 0.700. The highest BCUT2D eigenvalue weighted by Crippen LogP contribution is 2.29. The number of nitrogens with zero attached hydrogens (tertiary/aromatic N) is 2. The summed E-state index contributed by atoms with van der Waals surface area (Å²) in [5, 5.41) is 3.73. The summed E-state index contributed by atoms with van der Waals surface area (Å²) < 4.78 is 0. The summed E-state index contributed by atoms with van der Waals surface area (Å²) in [5.74, 6) is 0.824. The van der Waals surface area contributed by atoms with Crippen LogP contribution in [0, 0.1) is 6.92 Å². The predicted molar refractivity (Wildman–Crippen MR) is 66.8 cm³/mol. The van der Waals surface area contributed by atoms with E-state index in [1.807, 2.05) is 38.2 Å². The summed E-state index contributed by atoms with van der Waals surface area (Å²) in [6.45, 7) is 1.98. The van der Waals surface area contributed by atoms with Gasteiger partial charge < -0.3 is 5.32 Å². The van der Waals surface area contributed by atoms with Crippen molar-refractivity contribution in [2.45, 2.75) is 6.92 Å². The Morgan fingerprint density at radius 2 is 1.94 bits per heavy atom. The third-order valence-corrected chi connectivity index (χ3v) is 2.78. The topological polar surface area (TPSA) is 37.8 Å². The van der Waals surface area contributed by atoms with Crippen LogP contribution in [0.15, 0.2) is 30.6 Å². The Labute approximate surface area is 99.5 Å². The van der Waals surface area contributed by atoms with Crippen LogP contribution in [0.3, 0.4) is 0 Å². The van der Waals surface area contributed by atoms with E-state index < -0.39 is 0 Å². The highest BCUT2D eigenvalue weighted by molar-refractivity contribution is 6.33. The smallest absolute Gasteiger partial charge is 0.132 e. The quantitative estimate of drug-likeness (QED) is 0.866. The van der Waals surface area contributed by atoms with E-state index in [0.29, 0.717) is 5.02 Å². The lowest BCUT2D eigenvalue weighted by Crippen LogP contribution is -1.99. The Balaban J connectivity index is 2.61. The second kappa shape index (κ2) is 4.49. The Hall–Kier alpha value is -1.61. The van der Waals surface area contributed by atoms with E-state index in [9.17, 15) is 0 Å². The maximum atomic E-state index is 6.15. The van der Waals surface area contributed by atoms with Crippen molar-refractivity contribution < 1.29 is 0 Å². The minimum Gasteiger partial charge on any atom is -0.373 e. The molecule has 0 spiro atoms. The van der Waals surface area contributed by atoms with Crippen molar-refractivity contribution in [3.63, 3.8) is 0 Å². The van der Waals surface area contributed by atoms with Crippen LogP contribution < -0.4 is 5.32 Å². The number of nitrogens with one attached hydrogen (secondary N) is 1. The van der Waals surface area contributed by atoms with Crippen LogP contribution in [-0.4, -0.2) is 17.0 Å². The molecule has 1 aromatic carbocycles. The number of halogens is 1. The molecular weight excluding hydrogens is 222 g/mol. The van der Waals surface area contributed by atoms with Gasteiger partial charge in [0, 0.05) is 23.2 Å².